The number of Topliss-reactive ketones (excluding diaryl/α,β-unsaturated/α-hetero) is 2. The van der Waals surface area contributed by atoms with Gasteiger partial charge in [-0.15, -0.1) is 0 Å². The molecule has 5 nitrogen and oxygen atoms in total. The number of ketones is 2. The van der Waals surface area contributed by atoms with Gasteiger partial charge in [0.25, 0.3) is 11.8 Å². The fourth-order valence-electron chi connectivity index (χ4n) is 4.59. The summed E-state index contributed by atoms with van der Waals surface area (Å²) in [5.74, 6) is -1.26. The zero-order chi connectivity index (χ0) is 13.4. The fourth-order valence-corrected chi connectivity index (χ4v) is 4.59. The van der Waals surface area contributed by atoms with Crippen molar-refractivity contribution in [3.8, 4) is 0 Å². The second kappa shape index (κ2) is 3.21. The van der Waals surface area contributed by atoms with Crippen molar-refractivity contribution in [2.45, 2.75) is 25.7 Å². The van der Waals surface area contributed by atoms with Gasteiger partial charge >= 0.3 is 0 Å². The lowest BCUT2D eigenvalue weighted by atomic mass is 9.46. The molecular formula is C14H13NO4. The predicted octanol–water partition coefficient (Wildman–Crippen LogP) is 0.144. The third-order valence-electron chi connectivity index (χ3n) is 5.23. The van der Waals surface area contributed by atoms with E-state index in [1.54, 1.807) is 0 Å². The van der Waals surface area contributed by atoms with Gasteiger partial charge in [0.2, 0.25) is 0 Å². The topological polar surface area (TPSA) is 80.3 Å². The van der Waals surface area contributed by atoms with E-state index in [2.05, 4.69) is 5.32 Å². The Bertz CT molecular complexity index is 590. The summed E-state index contributed by atoms with van der Waals surface area (Å²) in [6, 6.07) is 0. The van der Waals surface area contributed by atoms with E-state index in [0.29, 0.717) is 30.8 Å². The second-order valence-corrected chi connectivity index (χ2v) is 6.22. The van der Waals surface area contributed by atoms with Crippen molar-refractivity contribution >= 4 is 23.4 Å². The molecule has 0 saturated heterocycles. The van der Waals surface area contributed by atoms with Crippen LogP contribution in [0.15, 0.2) is 11.6 Å². The Morgan fingerprint density at radius 3 is 2.58 bits per heavy atom. The minimum absolute atomic E-state index is 0.0573. The molecule has 5 rings (SSSR count). The first-order chi connectivity index (χ1) is 9.01. The molecule has 5 aliphatic rings. The number of nitrogens with one attached hydrogen (secondary N) is 1. The number of rotatable bonds is 1. The first-order valence-corrected chi connectivity index (χ1v) is 6.67. The van der Waals surface area contributed by atoms with E-state index >= 15 is 0 Å². The third-order valence-corrected chi connectivity index (χ3v) is 5.23. The van der Waals surface area contributed by atoms with E-state index in [1.807, 2.05) is 0 Å². The zero-order valence-corrected chi connectivity index (χ0v) is 10.3. The summed E-state index contributed by atoms with van der Waals surface area (Å²) < 4.78 is 0. The monoisotopic (exact) mass is 259 g/mol. The quantitative estimate of drug-likeness (QED) is 0.536. The molecule has 4 unspecified atom stereocenters. The van der Waals surface area contributed by atoms with Crippen LogP contribution >= 0.6 is 0 Å². The maximum atomic E-state index is 12.6. The summed E-state index contributed by atoms with van der Waals surface area (Å²) in [5, 5.41) is 2.22. The average molecular weight is 259 g/mol. The molecule has 0 aromatic heterocycles. The smallest absolute Gasteiger partial charge is 0.255 e. The van der Waals surface area contributed by atoms with Crippen molar-refractivity contribution in [1.82, 2.24) is 5.32 Å². The van der Waals surface area contributed by atoms with Crippen molar-refractivity contribution in [3.63, 3.8) is 0 Å². The highest BCUT2D eigenvalue weighted by Gasteiger charge is 2.63. The summed E-state index contributed by atoms with van der Waals surface area (Å²) in [4.78, 5) is 47.9. The molecule has 4 bridgehead atoms. The van der Waals surface area contributed by atoms with Crippen LogP contribution in [0.3, 0.4) is 0 Å². The molecule has 5 heteroatoms. The lowest BCUT2D eigenvalue weighted by Gasteiger charge is -2.54. The minimum atomic E-state index is -0.860. The summed E-state index contributed by atoms with van der Waals surface area (Å²) in [6.45, 7) is 0. The normalized spacial score (nSPS) is 43.8. The standard InChI is InChI=1S/C14H13NO4/c16-10-3-9(13(19)15-10)14-4-6-1-7(5-14)11(17)8(2-6)12(14)18/h3,6-8H,1-2,4-5H2,(H,15,16,19). The van der Waals surface area contributed by atoms with E-state index in [0.717, 1.165) is 6.42 Å². The van der Waals surface area contributed by atoms with Crippen LogP contribution in [-0.2, 0) is 19.2 Å². The number of carbonyl (C=O) groups excluding carboxylic acids is 4. The van der Waals surface area contributed by atoms with Crippen molar-refractivity contribution in [2.24, 2.45) is 23.2 Å². The highest BCUT2D eigenvalue weighted by atomic mass is 16.2. The average Bonchev–Trinajstić information content (AvgIpc) is 2.71. The molecule has 4 aliphatic carbocycles. The van der Waals surface area contributed by atoms with Crippen LogP contribution in [-0.4, -0.2) is 23.4 Å². The molecule has 4 saturated carbocycles. The third kappa shape index (κ3) is 1.20. The Kier molecular flexibility index (Phi) is 1.87. The summed E-state index contributed by atoms with van der Waals surface area (Å²) in [5.41, 5.74) is -0.560. The summed E-state index contributed by atoms with van der Waals surface area (Å²) in [6.07, 6.45) is 3.78. The zero-order valence-electron chi connectivity index (χ0n) is 10.3. The molecule has 2 amide bonds. The van der Waals surface area contributed by atoms with Gasteiger partial charge in [-0.2, -0.15) is 0 Å². The van der Waals surface area contributed by atoms with Gasteiger partial charge in [0.15, 0.2) is 5.78 Å². The molecule has 0 aromatic carbocycles. The SMILES string of the molecule is O=C1C=C(C23CC4CC(C2)C(=O)C(C4)C3=O)C(=O)N1. The molecular weight excluding hydrogens is 246 g/mol. The van der Waals surface area contributed by atoms with Crippen molar-refractivity contribution in [2.75, 3.05) is 0 Å². The van der Waals surface area contributed by atoms with Gasteiger partial charge in [0.05, 0.1) is 11.3 Å². The Morgan fingerprint density at radius 2 is 1.89 bits per heavy atom. The Morgan fingerprint density at radius 1 is 1.11 bits per heavy atom. The first kappa shape index (κ1) is 11.1. The van der Waals surface area contributed by atoms with Crippen LogP contribution in [0.1, 0.15) is 25.7 Å². The highest BCUT2D eigenvalue weighted by Crippen LogP contribution is 2.59. The Hall–Kier alpha value is -1.78. The van der Waals surface area contributed by atoms with E-state index in [1.165, 1.54) is 6.08 Å². The van der Waals surface area contributed by atoms with E-state index in [4.69, 9.17) is 0 Å². The van der Waals surface area contributed by atoms with Gasteiger partial charge in [-0.05, 0) is 31.6 Å². The molecule has 0 radical (unpaired) electrons. The van der Waals surface area contributed by atoms with Gasteiger partial charge < -0.3 is 0 Å². The van der Waals surface area contributed by atoms with Crippen LogP contribution in [0.4, 0.5) is 0 Å². The molecule has 98 valence electrons. The number of carbonyl (C=O) groups is 4. The molecule has 19 heavy (non-hydrogen) atoms. The van der Waals surface area contributed by atoms with Gasteiger partial charge in [0.1, 0.15) is 5.78 Å². The van der Waals surface area contributed by atoms with Crippen LogP contribution in [0.25, 0.3) is 0 Å². The maximum absolute atomic E-state index is 12.6. The van der Waals surface area contributed by atoms with Crippen molar-refractivity contribution in [1.29, 1.82) is 0 Å². The lowest BCUT2D eigenvalue weighted by molar-refractivity contribution is -0.160. The Labute approximate surface area is 109 Å². The second-order valence-electron chi connectivity index (χ2n) is 6.22. The Balaban J connectivity index is 1.85. The largest absolute Gasteiger partial charge is 0.299 e. The molecule has 0 spiro atoms. The van der Waals surface area contributed by atoms with Crippen LogP contribution in [0, 0.1) is 23.2 Å². The molecule has 0 aromatic rings. The summed E-state index contributed by atoms with van der Waals surface area (Å²) >= 11 is 0. The predicted molar refractivity (Wildman–Crippen MR) is 62.6 cm³/mol. The van der Waals surface area contributed by atoms with Crippen molar-refractivity contribution < 1.29 is 19.2 Å². The van der Waals surface area contributed by atoms with Gasteiger partial charge in [-0.3, -0.25) is 24.5 Å². The van der Waals surface area contributed by atoms with Crippen LogP contribution < -0.4 is 5.32 Å². The van der Waals surface area contributed by atoms with E-state index < -0.39 is 23.1 Å². The maximum Gasteiger partial charge on any atom is 0.255 e. The lowest BCUT2D eigenvalue weighted by Crippen LogP contribution is -2.59. The van der Waals surface area contributed by atoms with E-state index in [-0.39, 0.29) is 17.5 Å². The number of hydrogen-bond donors (Lipinski definition) is 1. The van der Waals surface area contributed by atoms with Gasteiger partial charge in [0, 0.05) is 17.6 Å². The molecule has 1 aliphatic heterocycles. The highest BCUT2D eigenvalue weighted by molar-refractivity contribution is 6.22. The number of imide groups is 1. The van der Waals surface area contributed by atoms with E-state index in [9.17, 15) is 19.2 Å². The molecule has 4 fully saturated rings. The summed E-state index contributed by atoms with van der Waals surface area (Å²) in [7, 11) is 0. The van der Waals surface area contributed by atoms with Gasteiger partial charge in [-0.1, -0.05) is 0 Å². The van der Waals surface area contributed by atoms with Gasteiger partial charge in [-0.25, -0.2) is 0 Å². The van der Waals surface area contributed by atoms with Crippen LogP contribution in [0.2, 0.25) is 0 Å². The minimum Gasteiger partial charge on any atom is -0.299 e. The molecule has 4 atom stereocenters. The van der Waals surface area contributed by atoms with Crippen LogP contribution in [0.5, 0.6) is 0 Å². The molecule has 1 heterocycles. The number of amides is 2. The van der Waals surface area contributed by atoms with Crippen molar-refractivity contribution in [3.05, 3.63) is 11.6 Å². The number of hydrogen-bond acceptors (Lipinski definition) is 4. The fraction of sp³-hybridized carbons (Fsp3) is 0.571. The first-order valence-electron chi connectivity index (χ1n) is 6.67. The molecule has 1 N–H and O–H groups in total.